The molecule has 0 spiro atoms. The molecule has 0 amide bonds. The summed E-state index contributed by atoms with van der Waals surface area (Å²) in [7, 11) is 1.75. The molecule has 5 nitrogen and oxygen atoms in total. The molecule has 1 atom stereocenters. The first-order valence-electron chi connectivity index (χ1n) is 5.29. The van der Waals surface area contributed by atoms with E-state index in [1.165, 1.54) is 4.80 Å². The molecule has 1 aromatic carbocycles. The van der Waals surface area contributed by atoms with E-state index in [4.69, 9.17) is 0 Å². The van der Waals surface area contributed by atoms with Gasteiger partial charge >= 0.3 is 0 Å². The largest absolute Gasteiger partial charge is 0.389 e. The van der Waals surface area contributed by atoms with E-state index in [0.717, 1.165) is 16.3 Å². The lowest BCUT2D eigenvalue weighted by molar-refractivity contribution is 0.199. The van der Waals surface area contributed by atoms with Crippen LogP contribution in [0.2, 0.25) is 0 Å². The van der Waals surface area contributed by atoms with Crippen LogP contribution in [0.1, 0.15) is 24.4 Å². The highest BCUT2D eigenvalue weighted by atomic mass is 32.2. The van der Waals surface area contributed by atoms with E-state index in [0.29, 0.717) is 5.75 Å². The quantitative estimate of drug-likeness (QED) is 0.834. The van der Waals surface area contributed by atoms with Crippen LogP contribution in [0, 0.1) is 0 Å². The number of aryl methyl sites for hydroxylation is 1. The third kappa shape index (κ3) is 3.28. The summed E-state index contributed by atoms with van der Waals surface area (Å²) in [5.41, 5.74) is 0.923. The van der Waals surface area contributed by atoms with Crippen molar-refractivity contribution in [2.75, 3.05) is 0 Å². The highest BCUT2D eigenvalue weighted by Crippen LogP contribution is 2.23. The van der Waals surface area contributed by atoms with E-state index in [2.05, 4.69) is 15.4 Å². The molecule has 0 bridgehead atoms. The Morgan fingerprint density at radius 3 is 2.59 bits per heavy atom. The summed E-state index contributed by atoms with van der Waals surface area (Å²) in [5.74, 6) is 1.42. The van der Waals surface area contributed by atoms with E-state index < -0.39 is 6.10 Å². The fourth-order valence-corrected chi connectivity index (χ4v) is 2.11. The highest BCUT2D eigenvalue weighted by molar-refractivity contribution is 7.98. The van der Waals surface area contributed by atoms with Gasteiger partial charge in [-0.05, 0) is 29.8 Å². The van der Waals surface area contributed by atoms with Gasteiger partial charge in [0, 0.05) is 4.90 Å². The van der Waals surface area contributed by atoms with Crippen LogP contribution in [0.25, 0.3) is 0 Å². The molecule has 0 radical (unpaired) electrons. The second-order valence-corrected chi connectivity index (χ2v) is 4.78. The summed E-state index contributed by atoms with van der Waals surface area (Å²) in [6, 6.07) is 7.83. The molecule has 0 saturated heterocycles. The minimum Gasteiger partial charge on any atom is -0.389 e. The Labute approximate surface area is 104 Å². The van der Waals surface area contributed by atoms with Crippen LogP contribution in [0.4, 0.5) is 0 Å². The predicted octanol–water partition coefficient (Wildman–Crippen LogP) is 1.56. The summed E-state index contributed by atoms with van der Waals surface area (Å²) >= 11 is 1.65. The van der Waals surface area contributed by atoms with Gasteiger partial charge in [0.05, 0.1) is 18.9 Å². The van der Waals surface area contributed by atoms with Gasteiger partial charge in [-0.2, -0.15) is 4.80 Å². The Morgan fingerprint density at radius 2 is 2.06 bits per heavy atom. The van der Waals surface area contributed by atoms with Gasteiger partial charge in [-0.25, -0.2) is 0 Å². The molecule has 1 unspecified atom stereocenters. The van der Waals surface area contributed by atoms with Crippen LogP contribution in [0.15, 0.2) is 29.2 Å². The molecule has 2 rings (SSSR count). The summed E-state index contributed by atoms with van der Waals surface area (Å²) in [5, 5.41) is 21.2. The van der Waals surface area contributed by atoms with Gasteiger partial charge in [-0.15, -0.1) is 22.0 Å². The Balaban J connectivity index is 1.95. The van der Waals surface area contributed by atoms with Crippen molar-refractivity contribution in [3.8, 4) is 0 Å². The topological polar surface area (TPSA) is 63.8 Å². The molecule has 1 N–H and O–H groups in total. The minimum absolute atomic E-state index is 0.421. The van der Waals surface area contributed by atoms with Crippen LogP contribution in [0.3, 0.4) is 0 Å². The third-order valence-electron chi connectivity index (χ3n) is 2.28. The molecule has 6 heteroatoms. The van der Waals surface area contributed by atoms with Crippen molar-refractivity contribution in [2.24, 2.45) is 7.05 Å². The summed E-state index contributed by atoms with van der Waals surface area (Å²) in [6.45, 7) is 1.76. The van der Waals surface area contributed by atoms with Gasteiger partial charge in [0.15, 0.2) is 5.82 Å². The van der Waals surface area contributed by atoms with Gasteiger partial charge in [0.25, 0.3) is 0 Å². The normalized spacial score (nSPS) is 12.6. The molecule has 2 aromatic rings. The Morgan fingerprint density at radius 1 is 1.35 bits per heavy atom. The van der Waals surface area contributed by atoms with Gasteiger partial charge < -0.3 is 5.11 Å². The molecule has 17 heavy (non-hydrogen) atoms. The SMILES string of the molecule is CC(O)c1ccc(SCc2nnn(C)n2)cc1. The van der Waals surface area contributed by atoms with Crippen LogP contribution >= 0.6 is 11.8 Å². The van der Waals surface area contributed by atoms with Crippen molar-refractivity contribution in [1.29, 1.82) is 0 Å². The number of aliphatic hydroxyl groups excluding tert-OH is 1. The Bertz CT molecular complexity index is 480. The predicted molar refractivity (Wildman–Crippen MR) is 65.4 cm³/mol. The number of rotatable bonds is 4. The standard InChI is InChI=1S/C11H14N4OS/c1-8(16)9-3-5-10(6-4-9)17-7-11-12-14-15(2)13-11/h3-6,8,16H,7H2,1-2H3. The fourth-order valence-electron chi connectivity index (χ4n) is 1.37. The molecule has 0 aliphatic carbocycles. The number of aromatic nitrogens is 4. The Kier molecular flexibility index (Phi) is 3.75. The number of hydrogen-bond acceptors (Lipinski definition) is 5. The van der Waals surface area contributed by atoms with Crippen molar-refractivity contribution >= 4 is 11.8 Å². The van der Waals surface area contributed by atoms with Crippen LogP contribution < -0.4 is 0 Å². The first kappa shape index (κ1) is 12.1. The van der Waals surface area contributed by atoms with Gasteiger partial charge in [0.2, 0.25) is 0 Å². The second kappa shape index (κ2) is 5.29. The molecule has 0 saturated carbocycles. The number of tetrazole rings is 1. The third-order valence-corrected chi connectivity index (χ3v) is 3.29. The zero-order valence-corrected chi connectivity index (χ0v) is 10.6. The van der Waals surface area contributed by atoms with Gasteiger partial charge in [-0.1, -0.05) is 12.1 Å². The average Bonchev–Trinajstić information content (AvgIpc) is 2.73. The van der Waals surface area contributed by atoms with E-state index in [-0.39, 0.29) is 0 Å². The number of hydrogen-bond donors (Lipinski definition) is 1. The highest BCUT2D eigenvalue weighted by Gasteiger charge is 2.03. The molecule has 1 aromatic heterocycles. The lowest BCUT2D eigenvalue weighted by Gasteiger charge is -2.05. The fraction of sp³-hybridized carbons (Fsp3) is 0.364. The van der Waals surface area contributed by atoms with Crippen molar-refractivity contribution in [3.05, 3.63) is 35.7 Å². The van der Waals surface area contributed by atoms with Crippen molar-refractivity contribution in [1.82, 2.24) is 20.2 Å². The second-order valence-electron chi connectivity index (χ2n) is 3.73. The maximum atomic E-state index is 9.39. The number of benzene rings is 1. The zero-order chi connectivity index (χ0) is 12.3. The van der Waals surface area contributed by atoms with Crippen LogP contribution in [-0.2, 0) is 12.8 Å². The van der Waals surface area contributed by atoms with Crippen LogP contribution in [0.5, 0.6) is 0 Å². The molecule has 1 heterocycles. The van der Waals surface area contributed by atoms with E-state index >= 15 is 0 Å². The molecule has 0 aliphatic rings. The summed E-state index contributed by atoms with van der Waals surface area (Å²) in [4.78, 5) is 2.58. The molecular formula is C11H14N4OS. The number of aliphatic hydroxyl groups is 1. The maximum absolute atomic E-state index is 9.39. The van der Waals surface area contributed by atoms with E-state index in [9.17, 15) is 5.11 Å². The molecular weight excluding hydrogens is 236 g/mol. The van der Waals surface area contributed by atoms with Gasteiger partial charge in [0.1, 0.15) is 0 Å². The average molecular weight is 250 g/mol. The van der Waals surface area contributed by atoms with Crippen molar-refractivity contribution in [2.45, 2.75) is 23.7 Å². The van der Waals surface area contributed by atoms with Crippen LogP contribution in [-0.4, -0.2) is 25.3 Å². The Hall–Kier alpha value is -1.40. The smallest absolute Gasteiger partial charge is 0.184 e. The molecule has 0 aliphatic heterocycles. The first-order chi connectivity index (χ1) is 8.15. The first-order valence-corrected chi connectivity index (χ1v) is 6.27. The minimum atomic E-state index is -0.421. The summed E-state index contributed by atoms with van der Waals surface area (Å²) < 4.78 is 0. The van der Waals surface area contributed by atoms with Gasteiger partial charge in [-0.3, -0.25) is 0 Å². The zero-order valence-electron chi connectivity index (χ0n) is 9.74. The lowest BCUT2D eigenvalue weighted by Crippen LogP contribution is -1.92. The maximum Gasteiger partial charge on any atom is 0.184 e. The number of thioether (sulfide) groups is 1. The van der Waals surface area contributed by atoms with E-state index in [1.54, 1.807) is 25.7 Å². The molecule has 0 fully saturated rings. The monoisotopic (exact) mass is 250 g/mol. The van der Waals surface area contributed by atoms with E-state index in [1.807, 2.05) is 24.3 Å². The van der Waals surface area contributed by atoms with Crippen molar-refractivity contribution < 1.29 is 5.11 Å². The number of nitrogens with zero attached hydrogens (tertiary/aromatic N) is 4. The van der Waals surface area contributed by atoms with Crippen molar-refractivity contribution in [3.63, 3.8) is 0 Å². The lowest BCUT2D eigenvalue weighted by atomic mass is 10.1. The molecule has 90 valence electrons. The summed E-state index contributed by atoms with van der Waals surface area (Å²) in [6.07, 6.45) is -0.421.